The zero-order valence-corrected chi connectivity index (χ0v) is 16.5. The van der Waals surface area contributed by atoms with Gasteiger partial charge in [0, 0.05) is 34.0 Å². The van der Waals surface area contributed by atoms with E-state index < -0.39 is 28.2 Å². The van der Waals surface area contributed by atoms with Gasteiger partial charge in [0.05, 0.1) is 11.5 Å². The molecule has 2 unspecified atom stereocenters. The van der Waals surface area contributed by atoms with E-state index in [0.29, 0.717) is 16.3 Å². The average Bonchev–Trinajstić information content (AvgIpc) is 3.13. The number of amides is 1. The number of nitro benzene ring substituents is 1. The molecule has 0 radical (unpaired) electrons. The predicted octanol–water partition coefficient (Wildman–Crippen LogP) is 4.07. The van der Waals surface area contributed by atoms with Crippen LogP contribution in [0.3, 0.4) is 0 Å². The van der Waals surface area contributed by atoms with E-state index in [-0.39, 0.29) is 17.9 Å². The molecule has 2 atom stereocenters. The van der Waals surface area contributed by atoms with Crippen LogP contribution in [0.5, 0.6) is 0 Å². The molecule has 146 valence electrons. The molecule has 2 aromatic rings. The number of esters is 1. The second-order valence-electron chi connectivity index (χ2n) is 5.99. The Hall–Kier alpha value is -2.58. The van der Waals surface area contributed by atoms with E-state index in [0.717, 1.165) is 0 Å². The number of carbonyl (C=O) groups is 2. The first-order valence-electron chi connectivity index (χ1n) is 8.53. The van der Waals surface area contributed by atoms with Crippen molar-refractivity contribution in [2.24, 2.45) is 0 Å². The summed E-state index contributed by atoms with van der Waals surface area (Å²) in [5.41, 5.74) is 0.627. The van der Waals surface area contributed by atoms with Gasteiger partial charge in [-0.2, -0.15) is 0 Å². The van der Waals surface area contributed by atoms with Crippen LogP contribution in [0.4, 0.5) is 5.69 Å². The second-order valence-corrected chi connectivity index (χ2v) is 7.52. The molecule has 1 heterocycles. The molecular formula is C19H17ClN2O5S. The highest BCUT2D eigenvalue weighted by Crippen LogP contribution is 2.44. The van der Waals surface area contributed by atoms with Crippen LogP contribution in [-0.4, -0.2) is 40.1 Å². The molecule has 0 saturated carbocycles. The van der Waals surface area contributed by atoms with Crippen LogP contribution < -0.4 is 0 Å². The van der Waals surface area contributed by atoms with Gasteiger partial charge in [-0.15, -0.1) is 11.8 Å². The molecule has 1 amide bonds. The lowest BCUT2D eigenvalue weighted by atomic mass is 10.1. The van der Waals surface area contributed by atoms with Crippen molar-refractivity contribution in [2.75, 3.05) is 12.4 Å². The number of hydrogen-bond acceptors (Lipinski definition) is 6. The molecule has 1 fully saturated rings. The van der Waals surface area contributed by atoms with Crippen molar-refractivity contribution >= 4 is 40.9 Å². The number of rotatable bonds is 5. The number of benzene rings is 2. The van der Waals surface area contributed by atoms with Gasteiger partial charge in [0.1, 0.15) is 11.4 Å². The topological polar surface area (TPSA) is 89.8 Å². The normalized spacial score (nSPS) is 18.7. The number of halogens is 1. The van der Waals surface area contributed by atoms with Gasteiger partial charge >= 0.3 is 5.97 Å². The van der Waals surface area contributed by atoms with E-state index in [1.807, 2.05) is 0 Å². The maximum atomic E-state index is 13.3. The number of nitrogens with zero attached hydrogens (tertiary/aromatic N) is 2. The first-order valence-corrected chi connectivity index (χ1v) is 9.96. The maximum Gasteiger partial charge on any atom is 0.329 e. The van der Waals surface area contributed by atoms with Gasteiger partial charge in [0.2, 0.25) is 0 Å². The van der Waals surface area contributed by atoms with Gasteiger partial charge in [0.25, 0.3) is 11.6 Å². The van der Waals surface area contributed by atoms with E-state index in [1.54, 1.807) is 31.2 Å². The molecule has 0 aromatic heterocycles. The van der Waals surface area contributed by atoms with Gasteiger partial charge in [-0.25, -0.2) is 4.79 Å². The number of hydrogen-bond donors (Lipinski definition) is 0. The Morgan fingerprint density at radius 2 is 2.04 bits per heavy atom. The lowest BCUT2D eigenvalue weighted by molar-refractivity contribution is -0.384. The number of thioether (sulfide) groups is 1. The molecule has 1 saturated heterocycles. The largest absolute Gasteiger partial charge is 0.464 e. The summed E-state index contributed by atoms with van der Waals surface area (Å²) in [6, 6.07) is 11.7. The molecule has 1 aliphatic heterocycles. The standard InChI is InChI=1S/C19H17ClN2O5S/c1-2-27-19(24)16-11-28-18(14-8-3-4-9-15(14)20)21(16)17(23)12-6-5-7-13(10-12)22(25)26/h3-10,16,18H,2,11H2,1H3. The van der Waals surface area contributed by atoms with Crippen LogP contribution >= 0.6 is 23.4 Å². The summed E-state index contributed by atoms with van der Waals surface area (Å²) in [5.74, 6) is -0.657. The molecular weight excluding hydrogens is 404 g/mol. The fourth-order valence-corrected chi connectivity index (χ4v) is 4.74. The highest BCUT2D eigenvalue weighted by molar-refractivity contribution is 7.99. The summed E-state index contributed by atoms with van der Waals surface area (Å²) < 4.78 is 5.13. The smallest absolute Gasteiger partial charge is 0.329 e. The Labute approximate surface area is 170 Å². The third-order valence-electron chi connectivity index (χ3n) is 4.27. The molecule has 28 heavy (non-hydrogen) atoms. The van der Waals surface area contributed by atoms with Gasteiger partial charge in [-0.3, -0.25) is 14.9 Å². The van der Waals surface area contributed by atoms with Crippen LogP contribution in [0, 0.1) is 10.1 Å². The van der Waals surface area contributed by atoms with Crippen molar-refractivity contribution in [2.45, 2.75) is 18.3 Å². The Kier molecular flexibility index (Phi) is 6.21. The summed E-state index contributed by atoms with van der Waals surface area (Å²) >= 11 is 7.72. The maximum absolute atomic E-state index is 13.3. The fraction of sp³-hybridized carbons (Fsp3) is 0.263. The lowest BCUT2D eigenvalue weighted by Gasteiger charge is -2.29. The first kappa shape index (κ1) is 20.2. The molecule has 0 bridgehead atoms. The lowest BCUT2D eigenvalue weighted by Crippen LogP contribution is -2.44. The van der Waals surface area contributed by atoms with Crippen molar-refractivity contribution in [3.63, 3.8) is 0 Å². The molecule has 0 N–H and O–H groups in total. The monoisotopic (exact) mass is 420 g/mol. The molecule has 7 nitrogen and oxygen atoms in total. The van der Waals surface area contributed by atoms with Crippen molar-refractivity contribution in [3.8, 4) is 0 Å². The molecule has 2 aromatic carbocycles. The van der Waals surface area contributed by atoms with Crippen LogP contribution in [0.15, 0.2) is 48.5 Å². The Morgan fingerprint density at radius 1 is 1.29 bits per heavy atom. The third-order valence-corrected chi connectivity index (χ3v) is 5.92. The van der Waals surface area contributed by atoms with Gasteiger partial charge in [-0.05, 0) is 19.1 Å². The molecule has 3 rings (SSSR count). The average molecular weight is 421 g/mol. The van der Waals surface area contributed by atoms with Gasteiger partial charge in [-0.1, -0.05) is 35.9 Å². The van der Waals surface area contributed by atoms with Crippen LogP contribution in [0.1, 0.15) is 28.2 Å². The quantitative estimate of drug-likeness (QED) is 0.411. The van der Waals surface area contributed by atoms with Crippen molar-refractivity contribution in [3.05, 3.63) is 74.8 Å². The highest BCUT2D eigenvalue weighted by atomic mass is 35.5. The Balaban J connectivity index is 2.02. The first-order chi connectivity index (χ1) is 13.4. The zero-order valence-electron chi connectivity index (χ0n) is 14.9. The summed E-state index contributed by atoms with van der Waals surface area (Å²) in [5, 5.41) is 11.0. The summed E-state index contributed by atoms with van der Waals surface area (Å²) in [6.07, 6.45) is 0. The SMILES string of the molecule is CCOC(=O)C1CSC(c2ccccc2Cl)N1C(=O)c1cccc([N+](=O)[O-])c1. The number of non-ortho nitro benzene ring substituents is 1. The van der Waals surface area contributed by atoms with E-state index in [2.05, 4.69) is 0 Å². The minimum absolute atomic E-state index is 0.128. The number of nitro groups is 1. The zero-order chi connectivity index (χ0) is 20.3. The molecule has 1 aliphatic rings. The third kappa shape index (κ3) is 3.98. The Bertz CT molecular complexity index is 923. The van der Waals surface area contributed by atoms with Crippen LogP contribution in [-0.2, 0) is 9.53 Å². The highest BCUT2D eigenvalue weighted by Gasteiger charge is 2.44. The van der Waals surface area contributed by atoms with E-state index >= 15 is 0 Å². The van der Waals surface area contributed by atoms with Crippen LogP contribution in [0.2, 0.25) is 5.02 Å². The van der Waals surface area contributed by atoms with Gasteiger partial charge in [0.15, 0.2) is 0 Å². The molecule has 0 aliphatic carbocycles. The summed E-state index contributed by atoms with van der Waals surface area (Å²) in [4.78, 5) is 37.6. The Morgan fingerprint density at radius 3 is 2.71 bits per heavy atom. The number of carbonyl (C=O) groups excluding carboxylic acids is 2. The van der Waals surface area contributed by atoms with E-state index in [1.165, 1.54) is 40.9 Å². The van der Waals surface area contributed by atoms with Crippen molar-refractivity contribution in [1.29, 1.82) is 0 Å². The van der Waals surface area contributed by atoms with E-state index in [4.69, 9.17) is 16.3 Å². The number of ether oxygens (including phenoxy) is 1. The van der Waals surface area contributed by atoms with Crippen molar-refractivity contribution in [1.82, 2.24) is 4.90 Å². The minimum atomic E-state index is -0.807. The molecule has 0 spiro atoms. The second kappa shape index (κ2) is 8.62. The van der Waals surface area contributed by atoms with E-state index in [9.17, 15) is 19.7 Å². The predicted molar refractivity (Wildman–Crippen MR) is 106 cm³/mol. The fourth-order valence-electron chi connectivity index (χ4n) is 2.99. The minimum Gasteiger partial charge on any atom is -0.464 e. The summed E-state index contributed by atoms with van der Waals surface area (Å²) in [7, 11) is 0. The molecule has 9 heteroatoms. The van der Waals surface area contributed by atoms with Gasteiger partial charge < -0.3 is 9.64 Å². The van der Waals surface area contributed by atoms with Crippen LogP contribution in [0.25, 0.3) is 0 Å². The van der Waals surface area contributed by atoms with Crippen molar-refractivity contribution < 1.29 is 19.2 Å². The summed E-state index contributed by atoms with van der Waals surface area (Å²) in [6.45, 7) is 1.88.